The molecule has 0 aromatic heterocycles. The van der Waals surface area contributed by atoms with Crippen LogP contribution < -0.4 is 9.41 Å². The topological polar surface area (TPSA) is 0 Å². The zero-order valence-corrected chi connectivity index (χ0v) is 9.22. The first-order valence-corrected chi connectivity index (χ1v) is 3.67. The number of hydrogen-bond donors (Lipinski definition) is 0. The summed E-state index contributed by atoms with van der Waals surface area (Å²) >= 11 is 0. The van der Waals surface area contributed by atoms with Crippen LogP contribution in [0.3, 0.4) is 0 Å². The van der Waals surface area contributed by atoms with Gasteiger partial charge in [-0.15, -0.1) is 18.6 Å². The first kappa shape index (κ1) is 14.6. The molecule has 0 aromatic carbocycles. The SMILES string of the molecule is C1=CCC2CC[CH-]C2=C1.[F-].[F-].[Zr+3]. The fourth-order valence-corrected chi connectivity index (χ4v) is 1.66. The van der Waals surface area contributed by atoms with Gasteiger partial charge in [-0.05, 0) is 12.3 Å². The molecular formula is C9H11F2Zr. The van der Waals surface area contributed by atoms with Crippen LogP contribution in [0.1, 0.15) is 19.3 Å². The van der Waals surface area contributed by atoms with E-state index in [9.17, 15) is 0 Å². The van der Waals surface area contributed by atoms with E-state index in [4.69, 9.17) is 0 Å². The second-order valence-corrected chi connectivity index (χ2v) is 2.81. The molecule has 0 nitrogen and oxygen atoms in total. The van der Waals surface area contributed by atoms with Crippen molar-refractivity contribution in [3.8, 4) is 0 Å². The monoisotopic (exact) mass is 247 g/mol. The summed E-state index contributed by atoms with van der Waals surface area (Å²) in [7, 11) is 0. The van der Waals surface area contributed by atoms with Crippen molar-refractivity contribution in [2.75, 3.05) is 0 Å². The van der Waals surface area contributed by atoms with E-state index in [-0.39, 0.29) is 35.6 Å². The van der Waals surface area contributed by atoms with Crippen molar-refractivity contribution >= 4 is 0 Å². The molecule has 0 N–H and O–H groups in total. The van der Waals surface area contributed by atoms with Gasteiger partial charge in [-0.25, -0.2) is 18.1 Å². The fraction of sp³-hybridized carbons (Fsp3) is 0.444. The second kappa shape index (κ2) is 6.59. The molecule has 0 saturated heterocycles. The zero-order chi connectivity index (χ0) is 6.10. The van der Waals surface area contributed by atoms with E-state index in [1.165, 1.54) is 19.3 Å². The molecule has 2 rings (SSSR count). The van der Waals surface area contributed by atoms with E-state index in [2.05, 4.69) is 24.6 Å². The quantitative estimate of drug-likeness (QED) is 0.390. The number of fused-ring (bicyclic) bond motifs is 1. The van der Waals surface area contributed by atoms with Crippen LogP contribution in [0.5, 0.6) is 0 Å². The van der Waals surface area contributed by atoms with Crippen LogP contribution in [-0.4, -0.2) is 0 Å². The van der Waals surface area contributed by atoms with Gasteiger partial charge in [-0.3, -0.25) is 0 Å². The molecule has 2 aliphatic carbocycles. The minimum Gasteiger partial charge on any atom is -1.00 e. The third-order valence-electron chi connectivity index (χ3n) is 2.21. The van der Waals surface area contributed by atoms with Crippen LogP contribution in [0.2, 0.25) is 0 Å². The summed E-state index contributed by atoms with van der Waals surface area (Å²) in [5, 5.41) is 0. The third kappa shape index (κ3) is 2.86. The Labute approximate surface area is 91.0 Å². The average molecular weight is 248 g/mol. The predicted molar refractivity (Wildman–Crippen MR) is 38.9 cm³/mol. The standard InChI is InChI=1S/C9H11.2FH.Zr/c1-2-5-9-7-3-6-8(9)4-1;;;/h1-2,4,6,9H,3,5,7H2;2*1H;/q-1;;;+3/p-2. The van der Waals surface area contributed by atoms with E-state index in [0.717, 1.165) is 5.92 Å². The van der Waals surface area contributed by atoms with E-state index < -0.39 is 0 Å². The maximum atomic E-state index is 2.37. The van der Waals surface area contributed by atoms with Crippen molar-refractivity contribution in [1.29, 1.82) is 0 Å². The Hall–Kier alpha value is 0.0931. The van der Waals surface area contributed by atoms with Crippen molar-refractivity contribution < 1.29 is 35.6 Å². The number of rotatable bonds is 0. The molecule has 0 aliphatic heterocycles. The average Bonchev–Trinajstić information content (AvgIpc) is 2.33. The first-order valence-electron chi connectivity index (χ1n) is 3.67. The summed E-state index contributed by atoms with van der Waals surface area (Å²) < 4.78 is 0. The number of allylic oxidation sites excluding steroid dienone is 4. The van der Waals surface area contributed by atoms with E-state index in [1.54, 1.807) is 5.57 Å². The molecule has 0 spiro atoms. The maximum absolute atomic E-state index is 2.37. The Morgan fingerprint density at radius 3 is 2.75 bits per heavy atom. The molecule has 0 aromatic rings. The minimum atomic E-state index is 0. The van der Waals surface area contributed by atoms with Gasteiger partial charge in [0.1, 0.15) is 0 Å². The molecule has 65 valence electrons. The van der Waals surface area contributed by atoms with Crippen LogP contribution in [0.15, 0.2) is 23.8 Å². The van der Waals surface area contributed by atoms with E-state index in [0.29, 0.717) is 0 Å². The Balaban J connectivity index is 0. The molecule has 3 heteroatoms. The normalized spacial score (nSPS) is 23.3. The van der Waals surface area contributed by atoms with Crippen LogP contribution in [0.4, 0.5) is 0 Å². The van der Waals surface area contributed by atoms with Gasteiger partial charge in [0.15, 0.2) is 0 Å². The summed E-state index contributed by atoms with van der Waals surface area (Å²) in [6.07, 6.45) is 13.0. The Morgan fingerprint density at radius 2 is 2.08 bits per heavy atom. The molecular weight excluding hydrogens is 237 g/mol. The largest absolute Gasteiger partial charge is 3.00 e. The van der Waals surface area contributed by atoms with Gasteiger partial charge in [-0.2, -0.15) is 0 Å². The van der Waals surface area contributed by atoms with Crippen LogP contribution >= 0.6 is 0 Å². The molecule has 1 unspecified atom stereocenters. The Kier molecular flexibility index (Phi) is 8.02. The molecule has 0 bridgehead atoms. The van der Waals surface area contributed by atoms with Gasteiger partial charge < -0.3 is 9.41 Å². The second-order valence-electron chi connectivity index (χ2n) is 2.81. The van der Waals surface area contributed by atoms with Crippen molar-refractivity contribution in [3.05, 3.63) is 30.2 Å². The summed E-state index contributed by atoms with van der Waals surface area (Å²) in [6, 6.07) is 0. The summed E-state index contributed by atoms with van der Waals surface area (Å²) in [5.41, 5.74) is 1.58. The van der Waals surface area contributed by atoms with E-state index in [1.807, 2.05) is 0 Å². The van der Waals surface area contributed by atoms with Crippen molar-refractivity contribution in [2.45, 2.75) is 19.3 Å². The summed E-state index contributed by atoms with van der Waals surface area (Å²) in [6.45, 7) is 0. The van der Waals surface area contributed by atoms with Gasteiger partial charge in [0.2, 0.25) is 0 Å². The fourth-order valence-electron chi connectivity index (χ4n) is 1.66. The molecule has 1 saturated carbocycles. The van der Waals surface area contributed by atoms with Crippen molar-refractivity contribution in [1.82, 2.24) is 0 Å². The number of hydrogen-bond acceptors (Lipinski definition) is 0. The number of halogens is 2. The molecule has 2 aliphatic rings. The van der Waals surface area contributed by atoms with Crippen LogP contribution in [-0.2, 0) is 26.2 Å². The van der Waals surface area contributed by atoms with Crippen LogP contribution in [0, 0.1) is 12.3 Å². The molecule has 1 fully saturated rings. The molecule has 1 radical (unpaired) electrons. The van der Waals surface area contributed by atoms with Gasteiger partial charge >= 0.3 is 26.2 Å². The van der Waals surface area contributed by atoms with Gasteiger partial charge in [-0.1, -0.05) is 6.42 Å². The van der Waals surface area contributed by atoms with Crippen LogP contribution in [0.25, 0.3) is 0 Å². The maximum Gasteiger partial charge on any atom is 3.00 e. The Bertz CT molecular complexity index is 175. The van der Waals surface area contributed by atoms with Crippen molar-refractivity contribution in [3.63, 3.8) is 0 Å². The van der Waals surface area contributed by atoms with Gasteiger partial charge in [0.05, 0.1) is 0 Å². The molecule has 12 heavy (non-hydrogen) atoms. The molecule has 0 heterocycles. The van der Waals surface area contributed by atoms with Crippen molar-refractivity contribution in [2.24, 2.45) is 5.92 Å². The third-order valence-corrected chi connectivity index (χ3v) is 2.21. The summed E-state index contributed by atoms with van der Waals surface area (Å²) in [4.78, 5) is 0. The Morgan fingerprint density at radius 1 is 1.33 bits per heavy atom. The van der Waals surface area contributed by atoms with Gasteiger partial charge in [0, 0.05) is 0 Å². The zero-order valence-electron chi connectivity index (χ0n) is 6.76. The summed E-state index contributed by atoms with van der Waals surface area (Å²) in [5.74, 6) is 0.884. The minimum absolute atomic E-state index is 0. The van der Waals surface area contributed by atoms with E-state index >= 15 is 0 Å². The smallest absolute Gasteiger partial charge is 1.00 e. The predicted octanol–water partition coefficient (Wildman–Crippen LogP) is -3.51. The van der Waals surface area contributed by atoms with Gasteiger partial charge in [0.25, 0.3) is 0 Å². The first-order chi connectivity index (χ1) is 4.47. The molecule has 0 amide bonds. The molecule has 1 atom stereocenters.